The number of ketones is 1. The first-order valence-electron chi connectivity index (χ1n) is 6.58. The summed E-state index contributed by atoms with van der Waals surface area (Å²) in [6.45, 7) is 1.85. The van der Waals surface area contributed by atoms with Crippen LogP contribution in [0.1, 0.15) is 22.8 Å². The second kappa shape index (κ2) is 6.29. The Morgan fingerprint density at radius 2 is 2.05 bits per heavy atom. The number of hydrogen-bond acceptors (Lipinski definition) is 5. The fourth-order valence-electron chi connectivity index (χ4n) is 1.99. The van der Waals surface area contributed by atoms with Gasteiger partial charge in [-0.05, 0) is 24.6 Å². The smallest absolute Gasteiger partial charge is 0.379 e. The van der Waals surface area contributed by atoms with Gasteiger partial charge in [0.05, 0.1) is 18.4 Å². The Hall–Kier alpha value is -2.19. The van der Waals surface area contributed by atoms with Crippen molar-refractivity contribution in [2.75, 3.05) is 12.9 Å². The molecule has 0 saturated carbocycles. The van der Waals surface area contributed by atoms with Crippen molar-refractivity contribution in [1.82, 2.24) is 9.71 Å². The van der Waals surface area contributed by atoms with Gasteiger partial charge in [0.2, 0.25) is 10.0 Å². The summed E-state index contributed by atoms with van der Waals surface area (Å²) in [7, 11) is -3.31. The van der Waals surface area contributed by atoms with E-state index in [4.69, 9.17) is 4.74 Å². The summed E-state index contributed by atoms with van der Waals surface area (Å²) in [4.78, 5) is 26.5. The maximum atomic E-state index is 12.0. The van der Waals surface area contributed by atoms with Crippen molar-refractivity contribution < 1.29 is 22.7 Å². The molecule has 2 rings (SSSR count). The highest BCUT2D eigenvalue weighted by molar-refractivity contribution is 7.88. The van der Waals surface area contributed by atoms with Crippen LogP contribution in [-0.4, -0.2) is 38.0 Å². The lowest BCUT2D eigenvalue weighted by Gasteiger charge is -2.04. The van der Waals surface area contributed by atoms with Gasteiger partial charge < -0.3 is 9.72 Å². The number of sulfonamides is 1. The molecule has 7 nitrogen and oxygen atoms in total. The first-order valence-corrected chi connectivity index (χ1v) is 8.47. The Labute approximate surface area is 127 Å². The maximum absolute atomic E-state index is 12.0. The number of rotatable bonds is 6. The van der Waals surface area contributed by atoms with E-state index in [0.29, 0.717) is 16.5 Å². The number of ether oxygens (including phenoxy) is 1. The summed E-state index contributed by atoms with van der Waals surface area (Å²) < 4.78 is 29.3. The predicted octanol–water partition coefficient (Wildman–Crippen LogP) is 0.963. The fraction of sp³-hybridized carbons (Fsp3) is 0.286. The minimum absolute atomic E-state index is 0.104. The molecule has 22 heavy (non-hydrogen) atoms. The first-order chi connectivity index (χ1) is 10.3. The summed E-state index contributed by atoms with van der Waals surface area (Å²) in [5.41, 5.74) is 1.56. The van der Waals surface area contributed by atoms with Crippen LogP contribution in [0.3, 0.4) is 0 Å². The van der Waals surface area contributed by atoms with Crippen LogP contribution in [0.25, 0.3) is 10.9 Å². The monoisotopic (exact) mass is 324 g/mol. The summed E-state index contributed by atoms with van der Waals surface area (Å²) >= 11 is 0. The highest BCUT2D eigenvalue weighted by Crippen LogP contribution is 2.21. The molecule has 0 radical (unpaired) electrons. The normalized spacial score (nSPS) is 11.5. The van der Waals surface area contributed by atoms with Gasteiger partial charge in [-0.25, -0.2) is 17.9 Å². The SMILES string of the molecule is CCOC(=O)C(=O)c1c[nH]c2ccc(CNS(C)(=O)=O)cc12. The topological polar surface area (TPSA) is 105 Å². The van der Waals surface area contributed by atoms with Crippen molar-refractivity contribution in [1.29, 1.82) is 0 Å². The molecule has 0 fully saturated rings. The van der Waals surface area contributed by atoms with Crippen molar-refractivity contribution >= 4 is 32.7 Å². The molecule has 1 aromatic carbocycles. The molecule has 118 valence electrons. The van der Waals surface area contributed by atoms with Crippen LogP contribution in [-0.2, 0) is 26.1 Å². The average Bonchev–Trinajstić information content (AvgIpc) is 2.86. The molecule has 2 aromatic rings. The Morgan fingerprint density at radius 3 is 2.68 bits per heavy atom. The van der Waals surface area contributed by atoms with Gasteiger partial charge in [-0.3, -0.25) is 4.79 Å². The number of aromatic amines is 1. The van der Waals surface area contributed by atoms with E-state index >= 15 is 0 Å². The van der Waals surface area contributed by atoms with Gasteiger partial charge >= 0.3 is 5.97 Å². The molecular weight excluding hydrogens is 308 g/mol. The van der Waals surface area contributed by atoms with Crippen LogP contribution in [0.2, 0.25) is 0 Å². The van der Waals surface area contributed by atoms with Crippen LogP contribution < -0.4 is 4.72 Å². The second-order valence-corrected chi connectivity index (χ2v) is 6.56. The third-order valence-corrected chi connectivity index (χ3v) is 3.66. The van der Waals surface area contributed by atoms with E-state index in [1.165, 1.54) is 6.20 Å². The summed E-state index contributed by atoms with van der Waals surface area (Å²) in [6.07, 6.45) is 2.51. The number of benzene rings is 1. The highest BCUT2D eigenvalue weighted by Gasteiger charge is 2.21. The molecule has 0 aliphatic heterocycles. The van der Waals surface area contributed by atoms with E-state index in [0.717, 1.165) is 6.26 Å². The number of esters is 1. The first kappa shape index (κ1) is 16.2. The largest absolute Gasteiger partial charge is 0.460 e. The van der Waals surface area contributed by atoms with Crippen LogP contribution >= 0.6 is 0 Å². The molecular formula is C14H16N2O5S. The van der Waals surface area contributed by atoms with Gasteiger partial charge in [0, 0.05) is 23.6 Å². The Morgan fingerprint density at radius 1 is 1.32 bits per heavy atom. The van der Waals surface area contributed by atoms with Crippen molar-refractivity contribution in [3.05, 3.63) is 35.5 Å². The van der Waals surface area contributed by atoms with Gasteiger partial charge in [-0.1, -0.05) is 6.07 Å². The zero-order chi connectivity index (χ0) is 16.3. The summed E-state index contributed by atoms with van der Waals surface area (Å²) in [6, 6.07) is 5.11. The van der Waals surface area contributed by atoms with Crippen molar-refractivity contribution in [2.24, 2.45) is 0 Å². The maximum Gasteiger partial charge on any atom is 0.379 e. The van der Waals surface area contributed by atoms with Crippen molar-refractivity contribution in [3.8, 4) is 0 Å². The van der Waals surface area contributed by atoms with Crippen LogP contribution in [0.15, 0.2) is 24.4 Å². The van der Waals surface area contributed by atoms with E-state index in [-0.39, 0.29) is 18.7 Å². The number of carbonyl (C=O) groups is 2. The van der Waals surface area contributed by atoms with E-state index in [9.17, 15) is 18.0 Å². The molecule has 0 spiro atoms. The van der Waals surface area contributed by atoms with E-state index in [2.05, 4.69) is 9.71 Å². The molecule has 0 amide bonds. The quantitative estimate of drug-likeness (QED) is 0.468. The third kappa shape index (κ3) is 3.71. The van der Waals surface area contributed by atoms with Gasteiger partial charge in [-0.2, -0.15) is 0 Å². The van der Waals surface area contributed by atoms with Crippen LogP contribution in [0.4, 0.5) is 0 Å². The molecule has 0 unspecified atom stereocenters. The molecule has 1 aromatic heterocycles. The number of hydrogen-bond donors (Lipinski definition) is 2. The molecule has 2 N–H and O–H groups in total. The van der Waals surface area contributed by atoms with Crippen molar-refractivity contribution in [3.63, 3.8) is 0 Å². The van der Waals surface area contributed by atoms with Crippen LogP contribution in [0.5, 0.6) is 0 Å². The number of aromatic nitrogens is 1. The fourth-order valence-corrected chi connectivity index (χ4v) is 2.42. The molecule has 8 heteroatoms. The van der Waals surface area contributed by atoms with E-state index < -0.39 is 21.8 Å². The van der Waals surface area contributed by atoms with Gasteiger partial charge in [0.1, 0.15) is 0 Å². The average molecular weight is 324 g/mol. The summed E-state index contributed by atoms with van der Waals surface area (Å²) in [5, 5.41) is 0.547. The summed E-state index contributed by atoms with van der Waals surface area (Å²) in [5.74, 6) is -1.65. The number of carbonyl (C=O) groups excluding carboxylic acids is 2. The van der Waals surface area contributed by atoms with Crippen molar-refractivity contribution in [2.45, 2.75) is 13.5 Å². The second-order valence-electron chi connectivity index (χ2n) is 4.73. The minimum atomic E-state index is -3.31. The van der Waals surface area contributed by atoms with Gasteiger partial charge in [0.15, 0.2) is 0 Å². The third-order valence-electron chi connectivity index (χ3n) is 2.99. The van der Waals surface area contributed by atoms with Gasteiger partial charge in [-0.15, -0.1) is 0 Å². The number of Topliss-reactive ketones (excluding diaryl/α,β-unsaturated/α-hetero) is 1. The molecule has 1 heterocycles. The number of fused-ring (bicyclic) bond motifs is 1. The molecule has 0 saturated heterocycles. The molecule has 0 bridgehead atoms. The zero-order valence-electron chi connectivity index (χ0n) is 12.2. The molecule has 0 aliphatic rings. The van der Waals surface area contributed by atoms with E-state index in [1.807, 2.05) is 0 Å². The van der Waals surface area contributed by atoms with Crippen LogP contribution in [0, 0.1) is 0 Å². The van der Waals surface area contributed by atoms with Gasteiger partial charge in [0.25, 0.3) is 5.78 Å². The lowest BCUT2D eigenvalue weighted by atomic mass is 10.1. The lowest BCUT2D eigenvalue weighted by molar-refractivity contribution is -0.137. The highest BCUT2D eigenvalue weighted by atomic mass is 32.2. The predicted molar refractivity (Wildman–Crippen MR) is 80.9 cm³/mol. The zero-order valence-corrected chi connectivity index (χ0v) is 13.0. The number of H-pyrrole nitrogens is 1. The van der Waals surface area contributed by atoms with E-state index in [1.54, 1.807) is 25.1 Å². The molecule has 0 atom stereocenters. The standard InChI is InChI=1S/C14H16N2O5S/c1-3-21-14(18)13(17)11-8-15-12-5-4-9(6-10(11)12)7-16-22(2,19)20/h4-6,8,15-16H,3,7H2,1-2H3. The molecule has 0 aliphatic carbocycles. The Balaban J connectivity index is 2.33. The lowest BCUT2D eigenvalue weighted by Crippen LogP contribution is -2.21. The Bertz CT molecular complexity index is 823. The Kier molecular flexibility index (Phi) is 4.62. The number of nitrogens with one attached hydrogen (secondary N) is 2. The minimum Gasteiger partial charge on any atom is -0.460 e.